The quantitative estimate of drug-likeness (QED) is 0.709. The van der Waals surface area contributed by atoms with Crippen molar-refractivity contribution in [1.82, 2.24) is 0 Å². The number of fused-ring (bicyclic) bond motifs is 1. The van der Waals surface area contributed by atoms with Gasteiger partial charge in [0.15, 0.2) is 6.61 Å². The largest absolute Gasteiger partial charge is 0.497 e. The van der Waals surface area contributed by atoms with Crippen molar-refractivity contribution >= 4 is 28.3 Å². The van der Waals surface area contributed by atoms with E-state index in [1.807, 2.05) is 36.4 Å². The Morgan fingerprint density at radius 2 is 1.81 bits per heavy atom. The normalized spacial score (nSPS) is 10.4. The standard InChI is InChI=1S/C20H16FNO4/c1-25-14-9-10-16(17(21)11-14)20(24)26-12-19(23)22-18-8-4-6-13-5-2-3-7-15(13)18/h2-11H,12H2,1H3,(H,22,23). The Hall–Kier alpha value is -3.41. The van der Waals surface area contributed by atoms with E-state index in [9.17, 15) is 14.0 Å². The average Bonchev–Trinajstić information content (AvgIpc) is 2.66. The summed E-state index contributed by atoms with van der Waals surface area (Å²) in [6, 6.07) is 16.8. The van der Waals surface area contributed by atoms with Crippen LogP contribution in [0.3, 0.4) is 0 Å². The second kappa shape index (κ2) is 7.65. The Bertz CT molecular complexity index is 966. The van der Waals surface area contributed by atoms with Crippen LogP contribution >= 0.6 is 0 Å². The van der Waals surface area contributed by atoms with Crippen molar-refractivity contribution < 1.29 is 23.5 Å². The van der Waals surface area contributed by atoms with Crippen molar-refractivity contribution in [3.05, 3.63) is 72.0 Å². The molecule has 0 saturated carbocycles. The van der Waals surface area contributed by atoms with Crippen LogP contribution in [0.5, 0.6) is 5.75 Å². The van der Waals surface area contributed by atoms with Gasteiger partial charge in [-0.15, -0.1) is 0 Å². The van der Waals surface area contributed by atoms with Gasteiger partial charge in [-0.25, -0.2) is 9.18 Å². The number of hydrogen-bond acceptors (Lipinski definition) is 4. The minimum Gasteiger partial charge on any atom is -0.497 e. The summed E-state index contributed by atoms with van der Waals surface area (Å²) in [5, 5.41) is 4.54. The van der Waals surface area contributed by atoms with Gasteiger partial charge >= 0.3 is 5.97 Å². The summed E-state index contributed by atoms with van der Waals surface area (Å²) < 4.78 is 23.6. The van der Waals surface area contributed by atoms with Crippen molar-refractivity contribution in [2.45, 2.75) is 0 Å². The Morgan fingerprint density at radius 3 is 2.58 bits per heavy atom. The van der Waals surface area contributed by atoms with Gasteiger partial charge in [-0.2, -0.15) is 0 Å². The van der Waals surface area contributed by atoms with Gasteiger partial charge in [-0.05, 0) is 23.6 Å². The number of nitrogens with one attached hydrogen (secondary N) is 1. The second-order valence-corrected chi connectivity index (χ2v) is 5.50. The number of hydrogen-bond donors (Lipinski definition) is 1. The molecular weight excluding hydrogens is 337 g/mol. The molecule has 0 bridgehead atoms. The third-order valence-corrected chi connectivity index (χ3v) is 3.79. The molecule has 0 aromatic heterocycles. The highest BCUT2D eigenvalue weighted by Crippen LogP contribution is 2.23. The van der Waals surface area contributed by atoms with E-state index in [1.165, 1.54) is 19.2 Å². The molecule has 0 aliphatic heterocycles. The molecule has 0 aliphatic carbocycles. The van der Waals surface area contributed by atoms with Gasteiger partial charge in [0, 0.05) is 17.1 Å². The highest BCUT2D eigenvalue weighted by molar-refractivity contribution is 6.03. The molecule has 0 radical (unpaired) electrons. The fourth-order valence-electron chi connectivity index (χ4n) is 2.52. The first-order chi connectivity index (χ1) is 12.6. The molecule has 0 unspecified atom stereocenters. The lowest BCUT2D eigenvalue weighted by Crippen LogP contribution is -2.21. The molecule has 0 atom stereocenters. The molecule has 0 heterocycles. The van der Waals surface area contributed by atoms with Gasteiger partial charge in [0.1, 0.15) is 11.6 Å². The fourth-order valence-corrected chi connectivity index (χ4v) is 2.52. The van der Waals surface area contributed by atoms with Crippen LogP contribution in [0.2, 0.25) is 0 Å². The van der Waals surface area contributed by atoms with E-state index in [0.29, 0.717) is 5.69 Å². The molecule has 26 heavy (non-hydrogen) atoms. The summed E-state index contributed by atoms with van der Waals surface area (Å²) in [6.07, 6.45) is 0. The monoisotopic (exact) mass is 353 g/mol. The van der Waals surface area contributed by atoms with Crippen LogP contribution in [0.1, 0.15) is 10.4 Å². The van der Waals surface area contributed by atoms with Gasteiger partial charge in [0.2, 0.25) is 0 Å². The number of amides is 1. The zero-order valence-corrected chi connectivity index (χ0v) is 14.0. The van der Waals surface area contributed by atoms with Crippen LogP contribution in [0.4, 0.5) is 10.1 Å². The molecule has 5 nitrogen and oxygen atoms in total. The smallest absolute Gasteiger partial charge is 0.341 e. The summed E-state index contributed by atoms with van der Waals surface area (Å²) in [4.78, 5) is 24.0. The lowest BCUT2D eigenvalue weighted by Gasteiger charge is -2.10. The maximum absolute atomic E-state index is 13.9. The number of carbonyl (C=O) groups excluding carboxylic acids is 2. The maximum Gasteiger partial charge on any atom is 0.341 e. The molecule has 3 rings (SSSR count). The molecule has 3 aromatic carbocycles. The predicted octanol–water partition coefficient (Wildman–Crippen LogP) is 3.78. The van der Waals surface area contributed by atoms with Crippen LogP contribution in [0.25, 0.3) is 10.8 Å². The molecule has 0 fully saturated rings. The first-order valence-electron chi connectivity index (χ1n) is 7.87. The number of esters is 1. The Kier molecular flexibility index (Phi) is 5.12. The molecule has 0 spiro atoms. The number of anilines is 1. The van der Waals surface area contributed by atoms with Crippen LogP contribution in [-0.4, -0.2) is 25.6 Å². The highest BCUT2D eigenvalue weighted by atomic mass is 19.1. The number of ether oxygens (including phenoxy) is 2. The molecule has 6 heteroatoms. The number of halogens is 1. The van der Waals surface area contributed by atoms with Gasteiger partial charge in [0.25, 0.3) is 5.91 Å². The molecule has 0 saturated heterocycles. The summed E-state index contributed by atoms with van der Waals surface area (Å²) in [5.74, 6) is -1.92. The van der Waals surface area contributed by atoms with Crippen molar-refractivity contribution in [1.29, 1.82) is 0 Å². The van der Waals surface area contributed by atoms with E-state index in [1.54, 1.807) is 6.07 Å². The molecule has 1 amide bonds. The van der Waals surface area contributed by atoms with Crippen LogP contribution < -0.4 is 10.1 Å². The van der Waals surface area contributed by atoms with Crippen LogP contribution in [-0.2, 0) is 9.53 Å². The fraction of sp³-hybridized carbons (Fsp3) is 0.100. The summed E-state index contributed by atoms with van der Waals surface area (Å²) >= 11 is 0. The van der Waals surface area contributed by atoms with Crippen LogP contribution in [0.15, 0.2) is 60.7 Å². The van der Waals surface area contributed by atoms with Crippen molar-refractivity contribution in [2.24, 2.45) is 0 Å². The minimum atomic E-state index is -0.918. The Balaban J connectivity index is 1.64. The van der Waals surface area contributed by atoms with Crippen LogP contribution in [0, 0.1) is 5.82 Å². The van der Waals surface area contributed by atoms with Crippen molar-refractivity contribution in [3.63, 3.8) is 0 Å². The van der Waals surface area contributed by atoms with Crippen molar-refractivity contribution in [3.8, 4) is 5.75 Å². The lowest BCUT2D eigenvalue weighted by molar-refractivity contribution is -0.119. The molecule has 1 N–H and O–H groups in total. The third kappa shape index (κ3) is 3.80. The van der Waals surface area contributed by atoms with Gasteiger partial charge in [-0.1, -0.05) is 36.4 Å². The molecule has 3 aromatic rings. The lowest BCUT2D eigenvalue weighted by atomic mass is 10.1. The number of methoxy groups -OCH3 is 1. The summed E-state index contributed by atoms with van der Waals surface area (Å²) in [7, 11) is 1.39. The van der Waals surface area contributed by atoms with E-state index in [2.05, 4.69) is 5.32 Å². The zero-order valence-electron chi connectivity index (χ0n) is 14.0. The van der Waals surface area contributed by atoms with E-state index >= 15 is 0 Å². The number of rotatable bonds is 5. The van der Waals surface area contributed by atoms with Gasteiger partial charge in [0.05, 0.1) is 12.7 Å². The van der Waals surface area contributed by atoms with Crippen molar-refractivity contribution in [2.75, 3.05) is 19.0 Å². The van der Waals surface area contributed by atoms with E-state index < -0.39 is 24.3 Å². The molecule has 132 valence electrons. The van der Waals surface area contributed by atoms with E-state index in [4.69, 9.17) is 9.47 Å². The predicted molar refractivity (Wildman–Crippen MR) is 95.8 cm³/mol. The topological polar surface area (TPSA) is 64.6 Å². The second-order valence-electron chi connectivity index (χ2n) is 5.50. The molecule has 0 aliphatic rings. The van der Waals surface area contributed by atoms with E-state index in [-0.39, 0.29) is 11.3 Å². The van der Waals surface area contributed by atoms with Gasteiger partial charge < -0.3 is 14.8 Å². The summed E-state index contributed by atoms with van der Waals surface area (Å²) in [5.41, 5.74) is 0.350. The summed E-state index contributed by atoms with van der Waals surface area (Å²) in [6.45, 7) is -0.520. The SMILES string of the molecule is COc1ccc(C(=O)OCC(=O)Nc2cccc3ccccc23)c(F)c1. The van der Waals surface area contributed by atoms with Gasteiger partial charge in [-0.3, -0.25) is 4.79 Å². The maximum atomic E-state index is 13.9. The van der Waals surface area contributed by atoms with E-state index in [0.717, 1.165) is 16.8 Å². The first kappa shape index (κ1) is 17.4. The zero-order chi connectivity index (χ0) is 18.5. The Labute approximate surface area is 149 Å². The highest BCUT2D eigenvalue weighted by Gasteiger charge is 2.16. The number of benzene rings is 3. The Morgan fingerprint density at radius 1 is 1.04 bits per heavy atom. The molecular formula is C20H16FNO4. The number of carbonyl (C=O) groups is 2. The minimum absolute atomic E-state index is 0.260. The average molecular weight is 353 g/mol. The first-order valence-corrected chi connectivity index (χ1v) is 7.87. The third-order valence-electron chi connectivity index (χ3n) is 3.79.